The van der Waals surface area contributed by atoms with E-state index in [4.69, 9.17) is 29.4 Å². The molecule has 238 valence electrons. The van der Waals surface area contributed by atoms with Crippen molar-refractivity contribution in [3.05, 3.63) is 16.1 Å². The average molecular weight is 670 g/mol. The molecule has 10 nitrogen and oxygen atoms in total. The molecule has 3 aliphatic heterocycles. The third kappa shape index (κ3) is 6.71. The Balaban J connectivity index is 1.24. The Morgan fingerprint density at radius 2 is 1.82 bits per heavy atom. The number of nitrogens with zero attached hydrogens (tertiary/aromatic N) is 6. The predicted octanol–water partition coefficient (Wildman–Crippen LogP) is 6.26. The summed E-state index contributed by atoms with van der Waals surface area (Å²) in [6, 6.07) is 4.91. The molecule has 0 bridgehead atoms. The number of hydrogen-bond acceptors (Lipinski definition) is 9. The van der Waals surface area contributed by atoms with Crippen LogP contribution in [-0.2, 0) is 4.74 Å². The Labute approximate surface area is 269 Å². The highest BCUT2D eigenvalue weighted by atomic mass is 79.9. The highest BCUT2D eigenvalue weighted by Gasteiger charge is 2.48. The molecular weight excluding hydrogens is 624 g/mol. The van der Waals surface area contributed by atoms with E-state index in [1.165, 1.54) is 18.4 Å². The van der Waals surface area contributed by atoms with E-state index >= 15 is 0 Å². The van der Waals surface area contributed by atoms with Crippen molar-refractivity contribution in [3.8, 4) is 17.8 Å². The Hall–Kier alpha value is -2.84. The molecule has 11 heteroatoms. The van der Waals surface area contributed by atoms with E-state index in [1.54, 1.807) is 0 Å². The number of piperidine rings is 2. The van der Waals surface area contributed by atoms with Crippen LogP contribution in [0.3, 0.4) is 0 Å². The summed E-state index contributed by atoms with van der Waals surface area (Å²) in [5, 5.41) is 9.97. The second-order valence-electron chi connectivity index (χ2n) is 13.9. The van der Waals surface area contributed by atoms with Gasteiger partial charge in [0.25, 0.3) is 0 Å². The van der Waals surface area contributed by atoms with E-state index in [0.717, 1.165) is 98.4 Å². The number of ether oxygens (including phenoxy) is 3. The fraction of sp³-hybridized carbons (Fsp3) is 0.697. The predicted molar refractivity (Wildman–Crippen MR) is 172 cm³/mol. The summed E-state index contributed by atoms with van der Waals surface area (Å²) in [5.41, 5.74) is 1.70. The molecule has 1 spiro atoms. The van der Waals surface area contributed by atoms with E-state index in [0.29, 0.717) is 25.0 Å². The molecule has 4 heterocycles. The number of amides is 1. The van der Waals surface area contributed by atoms with Crippen LogP contribution in [-0.4, -0.2) is 90.0 Å². The Morgan fingerprint density at radius 1 is 1.11 bits per heavy atom. The maximum atomic E-state index is 12.6. The summed E-state index contributed by atoms with van der Waals surface area (Å²) in [5.74, 6) is 2.21. The highest BCUT2D eigenvalue weighted by molar-refractivity contribution is 9.10. The van der Waals surface area contributed by atoms with Crippen LogP contribution in [0.4, 0.5) is 10.6 Å². The second-order valence-corrected chi connectivity index (χ2v) is 14.7. The van der Waals surface area contributed by atoms with Crippen molar-refractivity contribution in [2.24, 2.45) is 5.41 Å². The van der Waals surface area contributed by atoms with E-state index < -0.39 is 5.60 Å². The lowest BCUT2D eigenvalue weighted by molar-refractivity contribution is -0.0434. The maximum absolute atomic E-state index is 12.6. The number of anilines is 1. The van der Waals surface area contributed by atoms with E-state index in [9.17, 15) is 4.79 Å². The first-order valence-electron chi connectivity index (χ1n) is 16.2. The number of hydrogen-bond donors (Lipinski definition) is 0. The van der Waals surface area contributed by atoms with Crippen molar-refractivity contribution in [2.75, 3.05) is 57.3 Å². The number of carbonyl (C=O) groups excluding carboxylic acids is 1. The van der Waals surface area contributed by atoms with Crippen LogP contribution in [0.2, 0.25) is 0 Å². The van der Waals surface area contributed by atoms with Gasteiger partial charge in [-0.3, -0.25) is 0 Å². The number of carbonyl (C=O) groups is 1. The van der Waals surface area contributed by atoms with Crippen LogP contribution in [0.25, 0.3) is 10.9 Å². The molecule has 0 radical (unpaired) electrons. The minimum Gasteiger partial charge on any atom is -0.490 e. The average Bonchev–Trinajstić information content (AvgIpc) is 3.81. The normalized spacial score (nSPS) is 20.8. The molecule has 4 aliphatic rings. The van der Waals surface area contributed by atoms with Gasteiger partial charge >= 0.3 is 12.1 Å². The van der Waals surface area contributed by atoms with Crippen LogP contribution in [0.5, 0.6) is 11.8 Å². The Bertz CT molecular complexity index is 1410. The largest absolute Gasteiger partial charge is 0.490 e. The minimum atomic E-state index is -0.486. The van der Waals surface area contributed by atoms with Crippen LogP contribution in [0.1, 0.15) is 84.1 Å². The van der Waals surface area contributed by atoms with Crippen molar-refractivity contribution in [2.45, 2.75) is 90.3 Å². The summed E-state index contributed by atoms with van der Waals surface area (Å²) in [4.78, 5) is 29.2. The lowest BCUT2D eigenvalue weighted by atomic mass is 9.72. The first-order chi connectivity index (χ1) is 21.1. The summed E-state index contributed by atoms with van der Waals surface area (Å²) >= 11 is 3.87. The first-order valence-corrected chi connectivity index (χ1v) is 17.0. The van der Waals surface area contributed by atoms with Crippen molar-refractivity contribution in [3.63, 3.8) is 0 Å². The number of rotatable bonds is 8. The molecule has 1 aromatic carbocycles. The number of halogens is 1. The molecule has 1 amide bonds. The van der Waals surface area contributed by atoms with Crippen LogP contribution >= 0.6 is 15.9 Å². The number of benzene rings is 1. The zero-order valence-electron chi connectivity index (χ0n) is 26.5. The lowest BCUT2D eigenvalue weighted by Gasteiger charge is -2.53. The number of likely N-dealkylation sites (tertiary alicyclic amines) is 2. The van der Waals surface area contributed by atoms with Crippen molar-refractivity contribution in [1.29, 1.82) is 5.26 Å². The van der Waals surface area contributed by atoms with Gasteiger partial charge < -0.3 is 28.9 Å². The van der Waals surface area contributed by atoms with Gasteiger partial charge in [0, 0.05) is 63.0 Å². The fourth-order valence-electron chi connectivity index (χ4n) is 6.79. The molecule has 1 aromatic heterocycles. The quantitative estimate of drug-likeness (QED) is 0.322. The molecule has 4 fully saturated rings. The summed E-state index contributed by atoms with van der Waals surface area (Å²) in [7, 11) is 0. The first kappa shape index (κ1) is 31.2. The SMILES string of the molecule is CCOc1c(Br)c(C2CC2)cc2c(N3CCC4(CC3)CN(C(=O)OC(C)(C)C)C4)nc(OC3CCN(CCC#N)CC3)nc12. The van der Waals surface area contributed by atoms with Gasteiger partial charge in [-0.25, -0.2) is 4.79 Å². The topological polar surface area (TPSA) is 104 Å². The van der Waals surface area contributed by atoms with Gasteiger partial charge in [-0.05, 0) is 99.7 Å². The summed E-state index contributed by atoms with van der Waals surface area (Å²) in [6.07, 6.45) is 6.46. The lowest BCUT2D eigenvalue weighted by Crippen LogP contribution is -2.62. The van der Waals surface area contributed by atoms with Gasteiger partial charge in [0.05, 0.1) is 17.1 Å². The number of fused-ring (bicyclic) bond motifs is 1. The van der Waals surface area contributed by atoms with Gasteiger partial charge in [-0.15, -0.1) is 0 Å². The molecule has 1 aliphatic carbocycles. The molecule has 6 rings (SSSR count). The molecular formula is C33H45BrN6O4. The van der Waals surface area contributed by atoms with Crippen molar-refractivity contribution in [1.82, 2.24) is 19.8 Å². The second kappa shape index (κ2) is 12.5. The van der Waals surface area contributed by atoms with Crippen LogP contribution in [0.15, 0.2) is 10.5 Å². The zero-order valence-corrected chi connectivity index (χ0v) is 28.1. The molecule has 3 saturated heterocycles. The fourth-order valence-corrected chi connectivity index (χ4v) is 7.54. The van der Waals surface area contributed by atoms with Gasteiger partial charge in [0.1, 0.15) is 23.0 Å². The molecule has 44 heavy (non-hydrogen) atoms. The van der Waals surface area contributed by atoms with E-state index in [1.807, 2.05) is 32.6 Å². The zero-order chi connectivity index (χ0) is 31.1. The minimum absolute atomic E-state index is 0.0294. The van der Waals surface area contributed by atoms with Crippen molar-refractivity contribution < 1.29 is 19.0 Å². The van der Waals surface area contributed by atoms with E-state index in [2.05, 4.69) is 37.9 Å². The third-order valence-electron chi connectivity index (χ3n) is 9.35. The molecule has 2 aromatic rings. The third-order valence-corrected chi connectivity index (χ3v) is 10.2. The maximum Gasteiger partial charge on any atom is 0.410 e. The standard InChI is InChI=1S/C33H45BrN6O4/c1-5-42-28-26(34)24(22-7-8-22)19-25-27(28)36-30(43-23-9-15-38(16-10-23)14-6-13-35)37-29(25)39-17-11-33(12-18-39)20-40(21-33)31(41)44-32(2,3)4/h19,22-23H,5-12,14-18,20-21H2,1-4H3. The molecule has 1 saturated carbocycles. The summed E-state index contributed by atoms with van der Waals surface area (Å²) in [6.45, 7) is 14.1. The number of nitriles is 1. The van der Waals surface area contributed by atoms with Gasteiger partial charge in [-0.2, -0.15) is 15.2 Å². The van der Waals surface area contributed by atoms with Crippen LogP contribution in [0, 0.1) is 16.7 Å². The highest BCUT2D eigenvalue weighted by Crippen LogP contribution is 2.50. The summed E-state index contributed by atoms with van der Waals surface area (Å²) < 4.78 is 19.3. The molecule has 0 N–H and O–H groups in total. The smallest absolute Gasteiger partial charge is 0.410 e. The van der Waals surface area contributed by atoms with Crippen LogP contribution < -0.4 is 14.4 Å². The van der Waals surface area contributed by atoms with Crippen molar-refractivity contribution >= 4 is 38.7 Å². The van der Waals surface area contributed by atoms with Gasteiger partial charge in [-0.1, -0.05) is 0 Å². The van der Waals surface area contributed by atoms with E-state index in [-0.39, 0.29) is 17.6 Å². The molecule has 0 unspecified atom stereocenters. The van der Waals surface area contributed by atoms with Gasteiger partial charge in [0.15, 0.2) is 5.75 Å². The Morgan fingerprint density at radius 3 is 2.43 bits per heavy atom. The number of aromatic nitrogens is 2. The van der Waals surface area contributed by atoms with Gasteiger partial charge in [0.2, 0.25) is 0 Å². The monoisotopic (exact) mass is 668 g/mol. The Kier molecular flexibility index (Phi) is 8.86. The molecule has 0 atom stereocenters.